The number of Topliss-reactive ketones (excluding diaryl/α,β-unsaturated/α-hetero) is 1. The Morgan fingerprint density at radius 3 is 2.56 bits per heavy atom. The van der Waals surface area contributed by atoms with E-state index in [1.165, 1.54) is 0 Å². The molecule has 0 aliphatic rings. The first-order valence-corrected chi connectivity index (χ1v) is 7.27. The topological polar surface area (TPSA) is 38.3 Å². The zero-order valence-corrected chi connectivity index (χ0v) is 11.6. The van der Waals surface area contributed by atoms with Crippen molar-refractivity contribution in [2.24, 2.45) is 5.92 Å². The Bertz CT molecular complexity index is 174. The standard InChI is InChI=1S/C12H25NO2S/c1-11(2)12(14)7-4-5-9-15-10-6-8-13-16-3/h11,13H,4-10H2,1-3H3. The summed E-state index contributed by atoms with van der Waals surface area (Å²) in [5.74, 6) is 0.544. The van der Waals surface area contributed by atoms with Gasteiger partial charge in [-0.15, -0.1) is 0 Å². The van der Waals surface area contributed by atoms with E-state index < -0.39 is 0 Å². The van der Waals surface area contributed by atoms with E-state index in [4.69, 9.17) is 4.74 Å². The SMILES string of the molecule is CSNCCCOCCCCC(=O)C(C)C. The number of hydrogen-bond donors (Lipinski definition) is 1. The van der Waals surface area contributed by atoms with Gasteiger partial charge in [0.1, 0.15) is 5.78 Å². The molecule has 0 amide bonds. The van der Waals surface area contributed by atoms with Crippen LogP contribution in [-0.4, -0.2) is 31.8 Å². The number of ether oxygens (including phenoxy) is 1. The van der Waals surface area contributed by atoms with Crippen LogP contribution < -0.4 is 4.72 Å². The number of rotatable bonds is 11. The first-order chi connectivity index (χ1) is 7.68. The van der Waals surface area contributed by atoms with E-state index >= 15 is 0 Å². The third kappa shape index (κ3) is 10.5. The molecule has 0 radical (unpaired) electrons. The van der Waals surface area contributed by atoms with Gasteiger partial charge in [0.25, 0.3) is 0 Å². The molecular weight excluding hydrogens is 222 g/mol. The van der Waals surface area contributed by atoms with Crippen molar-refractivity contribution in [3.63, 3.8) is 0 Å². The molecule has 1 N–H and O–H groups in total. The Morgan fingerprint density at radius 2 is 1.94 bits per heavy atom. The number of carbonyl (C=O) groups excluding carboxylic acids is 1. The van der Waals surface area contributed by atoms with Crippen molar-refractivity contribution in [2.75, 3.05) is 26.0 Å². The first kappa shape index (κ1) is 15.9. The summed E-state index contributed by atoms with van der Waals surface area (Å²) >= 11 is 1.64. The van der Waals surface area contributed by atoms with Crippen molar-refractivity contribution >= 4 is 17.7 Å². The molecule has 0 aromatic carbocycles. The van der Waals surface area contributed by atoms with Crippen LogP contribution in [0.25, 0.3) is 0 Å². The molecule has 0 fully saturated rings. The number of carbonyl (C=O) groups is 1. The largest absolute Gasteiger partial charge is 0.381 e. The number of unbranched alkanes of at least 4 members (excludes halogenated alkanes) is 1. The maximum Gasteiger partial charge on any atom is 0.135 e. The van der Waals surface area contributed by atoms with E-state index in [0.29, 0.717) is 12.2 Å². The molecule has 16 heavy (non-hydrogen) atoms. The summed E-state index contributed by atoms with van der Waals surface area (Å²) < 4.78 is 8.63. The van der Waals surface area contributed by atoms with E-state index in [2.05, 4.69) is 4.72 Å². The minimum Gasteiger partial charge on any atom is -0.381 e. The van der Waals surface area contributed by atoms with Crippen molar-refractivity contribution in [3.05, 3.63) is 0 Å². The number of ketones is 1. The lowest BCUT2D eigenvalue weighted by Gasteiger charge is -2.05. The second-order valence-corrected chi connectivity index (χ2v) is 4.84. The number of nitrogens with one attached hydrogen (secondary N) is 1. The third-order valence-electron chi connectivity index (χ3n) is 2.32. The fraction of sp³-hybridized carbons (Fsp3) is 0.917. The highest BCUT2D eigenvalue weighted by Crippen LogP contribution is 2.04. The average molecular weight is 247 g/mol. The monoisotopic (exact) mass is 247 g/mol. The van der Waals surface area contributed by atoms with Gasteiger partial charge in [0, 0.05) is 32.1 Å². The van der Waals surface area contributed by atoms with Gasteiger partial charge in [-0.05, 0) is 25.5 Å². The molecule has 0 saturated carbocycles. The maximum absolute atomic E-state index is 11.3. The quantitative estimate of drug-likeness (QED) is 0.450. The Labute approximate surface area is 104 Å². The van der Waals surface area contributed by atoms with Gasteiger partial charge < -0.3 is 4.74 Å². The van der Waals surface area contributed by atoms with Crippen molar-refractivity contribution in [2.45, 2.75) is 39.5 Å². The van der Waals surface area contributed by atoms with Gasteiger partial charge in [-0.3, -0.25) is 9.52 Å². The minimum absolute atomic E-state index is 0.179. The van der Waals surface area contributed by atoms with Gasteiger partial charge in [0.15, 0.2) is 0 Å². The van der Waals surface area contributed by atoms with E-state index in [1.807, 2.05) is 20.1 Å². The molecule has 0 aliphatic carbocycles. The third-order valence-corrected chi connectivity index (χ3v) is 2.81. The molecule has 4 heteroatoms. The van der Waals surface area contributed by atoms with Crippen LogP contribution in [0.4, 0.5) is 0 Å². The van der Waals surface area contributed by atoms with Crippen LogP contribution in [0.5, 0.6) is 0 Å². The summed E-state index contributed by atoms with van der Waals surface area (Å²) in [5, 5.41) is 0. The van der Waals surface area contributed by atoms with Gasteiger partial charge in [0.05, 0.1) is 0 Å². The first-order valence-electron chi connectivity index (χ1n) is 6.04. The molecule has 3 nitrogen and oxygen atoms in total. The summed E-state index contributed by atoms with van der Waals surface area (Å²) in [4.78, 5) is 11.3. The zero-order valence-electron chi connectivity index (χ0n) is 10.8. The lowest BCUT2D eigenvalue weighted by Crippen LogP contribution is -2.09. The van der Waals surface area contributed by atoms with Crippen LogP contribution >= 0.6 is 11.9 Å². The fourth-order valence-corrected chi connectivity index (χ4v) is 1.59. The molecule has 0 bridgehead atoms. The molecule has 0 atom stereocenters. The fourth-order valence-electron chi connectivity index (χ4n) is 1.24. The summed E-state index contributed by atoms with van der Waals surface area (Å²) in [6.45, 7) is 6.50. The molecule has 0 aromatic rings. The van der Waals surface area contributed by atoms with Gasteiger partial charge in [-0.2, -0.15) is 0 Å². The molecule has 0 spiro atoms. The van der Waals surface area contributed by atoms with Crippen LogP contribution in [0, 0.1) is 5.92 Å². The predicted octanol–water partition coefficient (Wildman–Crippen LogP) is 2.66. The van der Waals surface area contributed by atoms with E-state index in [9.17, 15) is 4.79 Å². The van der Waals surface area contributed by atoms with Crippen molar-refractivity contribution in [3.8, 4) is 0 Å². The lowest BCUT2D eigenvalue weighted by molar-refractivity contribution is -0.122. The van der Waals surface area contributed by atoms with Gasteiger partial charge in [-0.1, -0.05) is 25.8 Å². The van der Waals surface area contributed by atoms with Crippen molar-refractivity contribution in [1.82, 2.24) is 4.72 Å². The van der Waals surface area contributed by atoms with Crippen LogP contribution in [-0.2, 0) is 9.53 Å². The smallest absolute Gasteiger partial charge is 0.135 e. The molecular formula is C12H25NO2S. The maximum atomic E-state index is 11.3. The molecule has 96 valence electrons. The zero-order chi connectivity index (χ0) is 12.2. The Morgan fingerprint density at radius 1 is 1.25 bits per heavy atom. The predicted molar refractivity (Wildman–Crippen MR) is 70.6 cm³/mol. The molecule has 0 heterocycles. The normalized spacial score (nSPS) is 11.0. The second-order valence-electron chi connectivity index (χ2n) is 4.14. The average Bonchev–Trinajstić information content (AvgIpc) is 2.26. The van der Waals surface area contributed by atoms with Gasteiger partial charge in [-0.25, -0.2) is 0 Å². The molecule has 0 aromatic heterocycles. The molecule has 0 aliphatic heterocycles. The second kappa shape index (κ2) is 11.4. The Hall–Kier alpha value is -0.0600. The van der Waals surface area contributed by atoms with E-state index in [0.717, 1.165) is 39.0 Å². The van der Waals surface area contributed by atoms with E-state index in [1.54, 1.807) is 11.9 Å². The lowest BCUT2D eigenvalue weighted by atomic mass is 10.0. The molecule has 0 rings (SSSR count). The summed E-state index contributed by atoms with van der Waals surface area (Å²) in [6, 6.07) is 0. The van der Waals surface area contributed by atoms with Crippen molar-refractivity contribution in [1.29, 1.82) is 0 Å². The minimum atomic E-state index is 0.179. The summed E-state index contributed by atoms with van der Waals surface area (Å²) in [5.41, 5.74) is 0. The number of hydrogen-bond acceptors (Lipinski definition) is 4. The van der Waals surface area contributed by atoms with E-state index in [-0.39, 0.29) is 5.92 Å². The summed E-state index contributed by atoms with van der Waals surface area (Å²) in [6.07, 6.45) is 5.72. The van der Waals surface area contributed by atoms with Gasteiger partial charge in [0.2, 0.25) is 0 Å². The highest BCUT2D eigenvalue weighted by Gasteiger charge is 2.05. The van der Waals surface area contributed by atoms with Crippen LogP contribution in [0.3, 0.4) is 0 Å². The highest BCUT2D eigenvalue weighted by molar-refractivity contribution is 7.96. The van der Waals surface area contributed by atoms with Crippen LogP contribution in [0.2, 0.25) is 0 Å². The van der Waals surface area contributed by atoms with Crippen LogP contribution in [0.15, 0.2) is 0 Å². The molecule has 0 saturated heterocycles. The highest BCUT2D eigenvalue weighted by atomic mass is 32.2. The Kier molecular flexibility index (Phi) is 11.4. The van der Waals surface area contributed by atoms with Crippen LogP contribution in [0.1, 0.15) is 39.5 Å². The van der Waals surface area contributed by atoms with Crippen molar-refractivity contribution < 1.29 is 9.53 Å². The van der Waals surface area contributed by atoms with Gasteiger partial charge >= 0.3 is 0 Å². The Balaban J connectivity index is 3.07. The summed E-state index contributed by atoms with van der Waals surface area (Å²) in [7, 11) is 0. The molecule has 0 unspecified atom stereocenters.